The summed E-state index contributed by atoms with van der Waals surface area (Å²) in [5.74, 6) is 0. The van der Waals surface area contributed by atoms with Crippen LogP contribution in [-0.4, -0.2) is 11.7 Å². The minimum Gasteiger partial charge on any atom is -0.396 e. The van der Waals surface area contributed by atoms with E-state index >= 15 is 0 Å². The standard InChI is InChI=1S/C12H16O/c1-11-6-5-8-12(10-11)7-3-2-4-9-13/h2-3,5-6,8,10,13H,4,7,9H2,1H3/b3-2-. The zero-order chi connectivity index (χ0) is 9.52. The van der Waals surface area contributed by atoms with Gasteiger partial charge in [-0.2, -0.15) is 0 Å². The molecule has 0 heterocycles. The van der Waals surface area contributed by atoms with Gasteiger partial charge in [0.15, 0.2) is 0 Å². The SMILES string of the molecule is Cc1cccc(C/C=C\CCO)c1. The Hall–Kier alpha value is -1.08. The number of aliphatic hydroxyl groups is 1. The molecule has 1 nitrogen and oxygen atoms in total. The lowest BCUT2D eigenvalue weighted by molar-refractivity contribution is 0.302. The maximum atomic E-state index is 8.56. The summed E-state index contributed by atoms with van der Waals surface area (Å²) in [4.78, 5) is 0. The third-order valence-corrected chi connectivity index (χ3v) is 1.90. The van der Waals surface area contributed by atoms with Gasteiger partial charge in [0, 0.05) is 6.61 Å². The molecule has 1 rings (SSSR count). The topological polar surface area (TPSA) is 20.2 Å². The van der Waals surface area contributed by atoms with Gasteiger partial charge < -0.3 is 5.11 Å². The van der Waals surface area contributed by atoms with Crippen molar-refractivity contribution in [1.29, 1.82) is 0 Å². The first-order chi connectivity index (χ1) is 6.33. The molecule has 1 aromatic rings. The normalized spacial score (nSPS) is 10.9. The van der Waals surface area contributed by atoms with Gasteiger partial charge in [-0.3, -0.25) is 0 Å². The predicted octanol–water partition coefficient (Wildman–Crippen LogP) is 2.48. The monoisotopic (exact) mass is 176 g/mol. The van der Waals surface area contributed by atoms with E-state index in [1.165, 1.54) is 11.1 Å². The number of benzene rings is 1. The molecule has 0 aliphatic rings. The Morgan fingerprint density at radius 1 is 1.31 bits per heavy atom. The Bertz CT molecular complexity index is 276. The molecule has 0 fully saturated rings. The summed E-state index contributed by atoms with van der Waals surface area (Å²) < 4.78 is 0. The van der Waals surface area contributed by atoms with Crippen LogP contribution in [0.1, 0.15) is 17.5 Å². The van der Waals surface area contributed by atoms with Crippen molar-refractivity contribution in [2.75, 3.05) is 6.61 Å². The number of rotatable bonds is 4. The van der Waals surface area contributed by atoms with E-state index in [1.807, 2.05) is 6.08 Å². The Labute approximate surface area is 79.7 Å². The molecule has 0 atom stereocenters. The summed E-state index contributed by atoms with van der Waals surface area (Å²) >= 11 is 0. The highest BCUT2D eigenvalue weighted by Crippen LogP contribution is 2.05. The molecule has 0 radical (unpaired) electrons. The van der Waals surface area contributed by atoms with E-state index in [-0.39, 0.29) is 6.61 Å². The zero-order valence-electron chi connectivity index (χ0n) is 8.03. The van der Waals surface area contributed by atoms with Gasteiger partial charge >= 0.3 is 0 Å². The highest BCUT2D eigenvalue weighted by Gasteiger charge is 1.88. The number of hydrogen-bond acceptors (Lipinski definition) is 1. The first-order valence-corrected chi connectivity index (χ1v) is 4.64. The molecule has 0 aromatic heterocycles. The zero-order valence-corrected chi connectivity index (χ0v) is 8.03. The van der Waals surface area contributed by atoms with Gasteiger partial charge in [0.1, 0.15) is 0 Å². The largest absolute Gasteiger partial charge is 0.396 e. The second-order valence-corrected chi connectivity index (χ2v) is 3.18. The van der Waals surface area contributed by atoms with Crippen LogP contribution in [0.15, 0.2) is 36.4 Å². The van der Waals surface area contributed by atoms with Crippen LogP contribution < -0.4 is 0 Å². The summed E-state index contributed by atoms with van der Waals surface area (Å²) in [7, 11) is 0. The summed E-state index contributed by atoms with van der Waals surface area (Å²) in [6.07, 6.45) is 5.83. The van der Waals surface area contributed by atoms with E-state index in [9.17, 15) is 0 Å². The van der Waals surface area contributed by atoms with E-state index in [2.05, 4.69) is 37.3 Å². The van der Waals surface area contributed by atoms with Gasteiger partial charge in [-0.15, -0.1) is 0 Å². The molecule has 1 heteroatoms. The fourth-order valence-electron chi connectivity index (χ4n) is 1.25. The van der Waals surface area contributed by atoms with Crippen LogP contribution in [0.25, 0.3) is 0 Å². The third-order valence-electron chi connectivity index (χ3n) is 1.90. The van der Waals surface area contributed by atoms with Crippen molar-refractivity contribution in [3.63, 3.8) is 0 Å². The highest BCUT2D eigenvalue weighted by molar-refractivity contribution is 5.23. The predicted molar refractivity (Wildman–Crippen MR) is 55.7 cm³/mol. The number of allylic oxidation sites excluding steroid dienone is 1. The number of aryl methyl sites for hydroxylation is 1. The Balaban J connectivity index is 2.45. The molecular formula is C12H16O. The molecule has 0 spiro atoms. The molecule has 13 heavy (non-hydrogen) atoms. The average molecular weight is 176 g/mol. The van der Waals surface area contributed by atoms with Crippen LogP contribution in [0.5, 0.6) is 0 Å². The molecule has 1 aromatic carbocycles. The summed E-state index contributed by atoms with van der Waals surface area (Å²) in [5.41, 5.74) is 2.63. The first-order valence-electron chi connectivity index (χ1n) is 4.64. The summed E-state index contributed by atoms with van der Waals surface area (Å²) in [5, 5.41) is 8.56. The Kier molecular flexibility index (Phi) is 4.27. The van der Waals surface area contributed by atoms with Gasteiger partial charge in [-0.05, 0) is 25.3 Å². The first kappa shape index (κ1) is 10.0. The van der Waals surface area contributed by atoms with Gasteiger partial charge in [0.25, 0.3) is 0 Å². The molecule has 0 aliphatic heterocycles. The third kappa shape index (κ3) is 3.90. The Morgan fingerprint density at radius 3 is 2.85 bits per heavy atom. The lowest BCUT2D eigenvalue weighted by Gasteiger charge is -1.97. The van der Waals surface area contributed by atoms with Crippen molar-refractivity contribution in [2.45, 2.75) is 19.8 Å². The molecule has 0 unspecified atom stereocenters. The van der Waals surface area contributed by atoms with Gasteiger partial charge in [0.05, 0.1) is 0 Å². The summed E-state index contributed by atoms with van der Waals surface area (Å²) in [6.45, 7) is 2.34. The van der Waals surface area contributed by atoms with Crippen molar-refractivity contribution in [3.8, 4) is 0 Å². The van der Waals surface area contributed by atoms with E-state index in [4.69, 9.17) is 5.11 Å². The smallest absolute Gasteiger partial charge is 0.0465 e. The molecule has 0 aliphatic carbocycles. The molecular weight excluding hydrogens is 160 g/mol. The van der Waals surface area contributed by atoms with Crippen LogP contribution >= 0.6 is 0 Å². The minimum absolute atomic E-state index is 0.240. The minimum atomic E-state index is 0.240. The molecule has 0 saturated heterocycles. The Morgan fingerprint density at radius 2 is 2.15 bits per heavy atom. The number of aliphatic hydroxyl groups excluding tert-OH is 1. The second-order valence-electron chi connectivity index (χ2n) is 3.18. The molecule has 0 saturated carbocycles. The maximum absolute atomic E-state index is 8.56. The van der Waals surface area contributed by atoms with Crippen molar-refractivity contribution in [2.24, 2.45) is 0 Å². The van der Waals surface area contributed by atoms with Gasteiger partial charge in [-0.1, -0.05) is 42.0 Å². The fraction of sp³-hybridized carbons (Fsp3) is 0.333. The van der Waals surface area contributed by atoms with Gasteiger partial charge in [-0.25, -0.2) is 0 Å². The van der Waals surface area contributed by atoms with Crippen molar-refractivity contribution < 1.29 is 5.11 Å². The quantitative estimate of drug-likeness (QED) is 0.699. The fourth-order valence-corrected chi connectivity index (χ4v) is 1.25. The second kappa shape index (κ2) is 5.55. The van der Waals surface area contributed by atoms with Crippen LogP contribution in [0.3, 0.4) is 0 Å². The highest BCUT2D eigenvalue weighted by atomic mass is 16.2. The van der Waals surface area contributed by atoms with E-state index in [0.29, 0.717) is 0 Å². The van der Waals surface area contributed by atoms with Crippen molar-refractivity contribution in [3.05, 3.63) is 47.5 Å². The van der Waals surface area contributed by atoms with Crippen LogP contribution in [-0.2, 0) is 6.42 Å². The van der Waals surface area contributed by atoms with Crippen LogP contribution in [0.2, 0.25) is 0 Å². The summed E-state index contributed by atoms with van der Waals surface area (Å²) in [6, 6.07) is 8.48. The van der Waals surface area contributed by atoms with E-state index < -0.39 is 0 Å². The van der Waals surface area contributed by atoms with E-state index in [1.54, 1.807) is 0 Å². The van der Waals surface area contributed by atoms with E-state index in [0.717, 1.165) is 12.8 Å². The van der Waals surface area contributed by atoms with Crippen LogP contribution in [0, 0.1) is 6.92 Å². The molecule has 0 bridgehead atoms. The van der Waals surface area contributed by atoms with Crippen molar-refractivity contribution in [1.82, 2.24) is 0 Å². The van der Waals surface area contributed by atoms with Gasteiger partial charge in [0.2, 0.25) is 0 Å². The molecule has 1 N–H and O–H groups in total. The lowest BCUT2D eigenvalue weighted by atomic mass is 10.1. The van der Waals surface area contributed by atoms with Crippen LogP contribution in [0.4, 0.5) is 0 Å². The average Bonchev–Trinajstić information content (AvgIpc) is 2.13. The molecule has 0 amide bonds. The lowest BCUT2D eigenvalue weighted by Crippen LogP contribution is -1.82. The maximum Gasteiger partial charge on any atom is 0.0465 e. The number of hydrogen-bond donors (Lipinski definition) is 1. The van der Waals surface area contributed by atoms with Crippen molar-refractivity contribution >= 4 is 0 Å². The molecule has 70 valence electrons.